The van der Waals surface area contributed by atoms with E-state index in [4.69, 9.17) is 10.00 Å². The molecule has 1 aromatic rings. The molecule has 5 nitrogen and oxygen atoms in total. The van der Waals surface area contributed by atoms with Crippen LogP contribution in [0.4, 0.5) is 0 Å². The lowest BCUT2D eigenvalue weighted by Gasteiger charge is -2.25. The first-order valence-electron chi connectivity index (χ1n) is 5.78. The van der Waals surface area contributed by atoms with Gasteiger partial charge in [-0.25, -0.2) is 13.1 Å². The summed E-state index contributed by atoms with van der Waals surface area (Å²) in [6.45, 7) is 3.75. The number of benzene rings is 1. The number of hydrogen-bond acceptors (Lipinski definition) is 4. The minimum absolute atomic E-state index is 0.218. The molecule has 1 aromatic carbocycles. The monoisotopic (exact) mass is 282 g/mol. The lowest BCUT2D eigenvalue weighted by Crippen LogP contribution is -2.47. The van der Waals surface area contributed by atoms with Crippen LogP contribution in [-0.4, -0.2) is 27.7 Å². The van der Waals surface area contributed by atoms with Crippen molar-refractivity contribution in [3.05, 3.63) is 35.4 Å². The topological polar surface area (TPSA) is 79.2 Å². The van der Waals surface area contributed by atoms with Crippen molar-refractivity contribution in [2.75, 3.05) is 13.7 Å². The number of nitrogens with one attached hydrogen (secondary N) is 1. The van der Waals surface area contributed by atoms with Crippen LogP contribution in [-0.2, 0) is 20.5 Å². The van der Waals surface area contributed by atoms with Crippen molar-refractivity contribution < 1.29 is 13.2 Å². The molecule has 0 radical (unpaired) electrons. The predicted molar refractivity (Wildman–Crippen MR) is 72.9 cm³/mol. The Labute approximate surface area is 114 Å². The summed E-state index contributed by atoms with van der Waals surface area (Å²) in [6.07, 6.45) is 0. The molecule has 0 amide bonds. The van der Waals surface area contributed by atoms with Gasteiger partial charge in [-0.2, -0.15) is 5.26 Å². The molecule has 0 bridgehead atoms. The quantitative estimate of drug-likeness (QED) is 0.855. The number of nitriles is 1. The van der Waals surface area contributed by atoms with Crippen LogP contribution in [0.3, 0.4) is 0 Å². The predicted octanol–water partition coefficient (Wildman–Crippen LogP) is 1.40. The second kappa shape index (κ2) is 6.15. The highest BCUT2D eigenvalue weighted by Crippen LogP contribution is 2.13. The van der Waals surface area contributed by atoms with Crippen LogP contribution in [0.25, 0.3) is 0 Å². The van der Waals surface area contributed by atoms with Crippen molar-refractivity contribution >= 4 is 10.0 Å². The summed E-state index contributed by atoms with van der Waals surface area (Å²) in [5.74, 6) is -0.218. The Hall–Kier alpha value is -1.42. The lowest BCUT2D eigenvalue weighted by molar-refractivity contribution is 0.141. The molecule has 0 spiro atoms. The third-order valence-corrected chi connectivity index (χ3v) is 3.97. The lowest BCUT2D eigenvalue weighted by atomic mass is 10.1. The van der Waals surface area contributed by atoms with Gasteiger partial charge < -0.3 is 4.74 Å². The first-order valence-corrected chi connectivity index (χ1v) is 7.43. The van der Waals surface area contributed by atoms with E-state index in [-0.39, 0.29) is 12.4 Å². The molecular weight excluding hydrogens is 264 g/mol. The van der Waals surface area contributed by atoms with Crippen LogP contribution >= 0.6 is 0 Å². The minimum Gasteiger partial charge on any atom is -0.383 e. The van der Waals surface area contributed by atoms with Gasteiger partial charge in [-0.3, -0.25) is 0 Å². The van der Waals surface area contributed by atoms with Crippen LogP contribution in [0.5, 0.6) is 0 Å². The molecule has 0 atom stereocenters. The zero-order valence-corrected chi connectivity index (χ0v) is 12.1. The molecule has 0 aliphatic rings. The molecule has 104 valence electrons. The Balaban J connectivity index is 2.89. The molecule has 0 aliphatic carbocycles. The van der Waals surface area contributed by atoms with E-state index >= 15 is 0 Å². The molecule has 0 aliphatic heterocycles. The van der Waals surface area contributed by atoms with Crippen molar-refractivity contribution in [3.63, 3.8) is 0 Å². The molecular formula is C13H18N2O3S. The smallest absolute Gasteiger partial charge is 0.216 e. The Morgan fingerprint density at radius 3 is 2.58 bits per heavy atom. The average molecular weight is 282 g/mol. The third kappa shape index (κ3) is 4.99. The Morgan fingerprint density at radius 1 is 1.37 bits per heavy atom. The first kappa shape index (κ1) is 15.6. The Kier molecular flexibility index (Phi) is 5.06. The highest BCUT2D eigenvalue weighted by Gasteiger charge is 2.25. The standard InChI is InChI=1S/C13H18N2O3S/c1-13(2,10-18-3)15-19(16,17)9-12-7-5-4-6-11(12)8-14/h4-7,15H,9-10H2,1-3H3. The fourth-order valence-corrected chi connectivity index (χ4v) is 3.44. The van der Waals surface area contributed by atoms with E-state index in [1.165, 1.54) is 7.11 Å². The molecule has 0 aromatic heterocycles. The second-order valence-corrected chi connectivity index (χ2v) is 6.67. The second-order valence-electron chi connectivity index (χ2n) is 4.95. The van der Waals surface area contributed by atoms with Gasteiger partial charge in [0.15, 0.2) is 0 Å². The van der Waals surface area contributed by atoms with Crippen LogP contribution in [0, 0.1) is 11.3 Å². The fourth-order valence-electron chi connectivity index (χ4n) is 1.81. The van der Waals surface area contributed by atoms with E-state index in [2.05, 4.69) is 4.72 Å². The summed E-state index contributed by atoms with van der Waals surface area (Å²) in [4.78, 5) is 0. The largest absolute Gasteiger partial charge is 0.383 e. The number of hydrogen-bond donors (Lipinski definition) is 1. The van der Waals surface area contributed by atoms with Gasteiger partial charge in [-0.15, -0.1) is 0 Å². The zero-order valence-electron chi connectivity index (χ0n) is 11.3. The fraction of sp³-hybridized carbons (Fsp3) is 0.462. The van der Waals surface area contributed by atoms with Gasteiger partial charge in [-0.05, 0) is 25.5 Å². The molecule has 0 heterocycles. The molecule has 19 heavy (non-hydrogen) atoms. The van der Waals surface area contributed by atoms with E-state index in [1.54, 1.807) is 38.1 Å². The summed E-state index contributed by atoms with van der Waals surface area (Å²) >= 11 is 0. The summed E-state index contributed by atoms with van der Waals surface area (Å²) in [7, 11) is -2.01. The van der Waals surface area contributed by atoms with Crippen LogP contribution in [0.15, 0.2) is 24.3 Å². The summed E-state index contributed by atoms with van der Waals surface area (Å²) in [5.41, 5.74) is 0.179. The number of methoxy groups -OCH3 is 1. The van der Waals surface area contributed by atoms with Crippen LogP contribution in [0.2, 0.25) is 0 Å². The van der Waals surface area contributed by atoms with E-state index in [1.807, 2.05) is 6.07 Å². The number of nitrogens with zero attached hydrogens (tertiary/aromatic N) is 1. The van der Waals surface area contributed by atoms with E-state index in [0.717, 1.165) is 0 Å². The van der Waals surface area contributed by atoms with Gasteiger partial charge in [0.2, 0.25) is 10.0 Å². The molecule has 0 fully saturated rings. The molecule has 0 saturated heterocycles. The average Bonchev–Trinajstić information content (AvgIpc) is 2.27. The van der Waals surface area contributed by atoms with Crippen LogP contribution in [0.1, 0.15) is 25.0 Å². The molecule has 0 unspecified atom stereocenters. The number of rotatable bonds is 6. The SMILES string of the molecule is COCC(C)(C)NS(=O)(=O)Cc1ccccc1C#N. The molecule has 6 heteroatoms. The van der Waals surface area contributed by atoms with Gasteiger partial charge in [0, 0.05) is 7.11 Å². The highest BCUT2D eigenvalue weighted by atomic mass is 32.2. The summed E-state index contributed by atoms with van der Waals surface area (Å²) < 4.78 is 31.7. The minimum atomic E-state index is -3.53. The first-order chi connectivity index (χ1) is 8.79. The Morgan fingerprint density at radius 2 is 2.00 bits per heavy atom. The van der Waals surface area contributed by atoms with Crippen molar-refractivity contribution in [3.8, 4) is 6.07 Å². The van der Waals surface area contributed by atoms with Gasteiger partial charge in [0.25, 0.3) is 0 Å². The maximum atomic E-state index is 12.1. The molecule has 1 rings (SSSR count). The van der Waals surface area contributed by atoms with Gasteiger partial charge >= 0.3 is 0 Å². The van der Waals surface area contributed by atoms with Gasteiger partial charge in [0.1, 0.15) is 0 Å². The van der Waals surface area contributed by atoms with Crippen LogP contribution < -0.4 is 4.72 Å². The summed E-state index contributed by atoms with van der Waals surface area (Å²) in [5, 5.41) is 8.95. The van der Waals surface area contributed by atoms with Gasteiger partial charge in [0.05, 0.1) is 29.5 Å². The Bertz CT molecular complexity index is 574. The normalized spacial score (nSPS) is 12.1. The molecule has 1 N–H and O–H groups in total. The number of ether oxygens (including phenoxy) is 1. The zero-order chi connectivity index (χ0) is 14.5. The van der Waals surface area contributed by atoms with Gasteiger partial charge in [-0.1, -0.05) is 18.2 Å². The maximum absolute atomic E-state index is 12.1. The van der Waals surface area contributed by atoms with Crippen molar-refractivity contribution in [2.24, 2.45) is 0 Å². The highest BCUT2D eigenvalue weighted by molar-refractivity contribution is 7.88. The number of sulfonamides is 1. The van der Waals surface area contributed by atoms with E-state index in [9.17, 15) is 8.42 Å². The summed E-state index contributed by atoms with van der Waals surface area (Å²) in [6, 6.07) is 8.65. The van der Waals surface area contributed by atoms with E-state index < -0.39 is 15.6 Å². The van der Waals surface area contributed by atoms with E-state index in [0.29, 0.717) is 11.1 Å². The third-order valence-electron chi connectivity index (χ3n) is 2.42. The maximum Gasteiger partial charge on any atom is 0.216 e. The van der Waals surface area contributed by atoms with Crippen molar-refractivity contribution in [1.82, 2.24) is 4.72 Å². The van der Waals surface area contributed by atoms with Crippen molar-refractivity contribution in [1.29, 1.82) is 5.26 Å². The molecule has 0 saturated carbocycles. The van der Waals surface area contributed by atoms with Crippen molar-refractivity contribution in [2.45, 2.75) is 25.1 Å².